The Hall–Kier alpha value is -1.62. The third-order valence-corrected chi connectivity index (χ3v) is 4.71. The monoisotopic (exact) mass is 375 g/mol. The Balaban J connectivity index is 2.16. The second-order valence-electron chi connectivity index (χ2n) is 8.98. The Morgan fingerprint density at radius 1 is 1.33 bits per heavy atom. The van der Waals surface area contributed by atoms with Crippen LogP contribution in [-0.4, -0.2) is 41.2 Å². The molecule has 1 fully saturated rings. The molecule has 0 spiro atoms. The first kappa shape index (κ1) is 21.7. The van der Waals surface area contributed by atoms with Gasteiger partial charge >= 0.3 is 6.09 Å². The molecule has 1 amide bonds. The van der Waals surface area contributed by atoms with E-state index < -0.39 is 5.60 Å². The van der Waals surface area contributed by atoms with Crippen LogP contribution in [0.5, 0.6) is 0 Å². The quantitative estimate of drug-likeness (QED) is 0.666. The van der Waals surface area contributed by atoms with Crippen LogP contribution in [-0.2, 0) is 4.74 Å². The summed E-state index contributed by atoms with van der Waals surface area (Å²) in [5, 5.41) is 0. The lowest BCUT2D eigenvalue weighted by molar-refractivity contribution is 0.0579. The molecule has 1 saturated heterocycles. The van der Waals surface area contributed by atoms with E-state index in [4.69, 9.17) is 4.74 Å². The van der Waals surface area contributed by atoms with Crippen molar-refractivity contribution in [3.8, 4) is 0 Å². The SMILES string of the molecule is CCCN(C(=O)OC(C)(C)C)c1ccc([C@H]2CCCCN2CC(C)C)cn1. The lowest BCUT2D eigenvalue weighted by Gasteiger charge is -2.37. The fourth-order valence-corrected chi connectivity index (χ4v) is 3.65. The van der Waals surface area contributed by atoms with Gasteiger partial charge in [0.1, 0.15) is 11.4 Å². The summed E-state index contributed by atoms with van der Waals surface area (Å²) in [6, 6.07) is 4.54. The van der Waals surface area contributed by atoms with Gasteiger partial charge in [0.2, 0.25) is 0 Å². The summed E-state index contributed by atoms with van der Waals surface area (Å²) in [6.45, 7) is 15.1. The van der Waals surface area contributed by atoms with Crippen LogP contribution in [0.15, 0.2) is 18.3 Å². The number of hydrogen-bond donors (Lipinski definition) is 0. The van der Waals surface area contributed by atoms with Crippen molar-refractivity contribution in [2.75, 3.05) is 24.5 Å². The largest absolute Gasteiger partial charge is 0.443 e. The number of likely N-dealkylation sites (tertiary alicyclic amines) is 1. The van der Waals surface area contributed by atoms with Gasteiger partial charge in [0.15, 0.2) is 0 Å². The minimum absolute atomic E-state index is 0.330. The number of carbonyl (C=O) groups is 1. The molecule has 0 saturated carbocycles. The van der Waals surface area contributed by atoms with Crippen molar-refractivity contribution in [2.45, 2.75) is 78.9 Å². The molecule has 152 valence electrons. The van der Waals surface area contributed by atoms with E-state index >= 15 is 0 Å². The predicted octanol–water partition coefficient (Wildman–Crippen LogP) is 5.42. The van der Waals surface area contributed by atoms with Crippen LogP contribution in [0.2, 0.25) is 0 Å². The molecular weight excluding hydrogens is 338 g/mol. The normalized spacial score (nSPS) is 18.6. The van der Waals surface area contributed by atoms with E-state index in [2.05, 4.69) is 36.7 Å². The molecule has 27 heavy (non-hydrogen) atoms. The van der Waals surface area contributed by atoms with Gasteiger partial charge in [-0.3, -0.25) is 9.80 Å². The van der Waals surface area contributed by atoms with E-state index in [9.17, 15) is 4.79 Å². The van der Waals surface area contributed by atoms with E-state index in [1.165, 1.54) is 24.8 Å². The number of ether oxygens (including phenoxy) is 1. The van der Waals surface area contributed by atoms with Crippen LogP contribution in [0, 0.1) is 5.92 Å². The van der Waals surface area contributed by atoms with Crippen LogP contribution in [0.25, 0.3) is 0 Å². The van der Waals surface area contributed by atoms with Gasteiger partial charge < -0.3 is 4.74 Å². The summed E-state index contributed by atoms with van der Waals surface area (Å²) < 4.78 is 5.55. The molecule has 1 aromatic rings. The number of piperidine rings is 1. The molecule has 2 heterocycles. The van der Waals surface area contributed by atoms with Crippen molar-refractivity contribution < 1.29 is 9.53 Å². The topological polar surface area (TPSA) is 45.7 Å². The molecule has 1 atom stereocenters. The highest BCUT2D eigenvalue weighted by Crippen LogP contribution is 2.32. The molecular formula is C22H37N3O2. The number of aromatic nitrogens is 1. The minimum Gasteiger partial charge on any atom is -0.443 e. The van der Waals surface area contributed by atoms with Crippen LogP contribution in [0.3, 0.4) is 0 Å². The summed E-state index contributed by atoms with van der Waals surface area (Å²) in [6.07, 6.45) is 6.19. The first-order chi connectivity index (χ1) is 12.7. The van der Waals surface area contributed by atoms with Gasteiger partial charge in [0.25, 0.3) is 0 Å². The Bertz CT molecular complexity index is 593. The molecule has 0 aromatic carbocycles. The van der Waals surface area contributed by atoms with E-state index in [1.807, 2.05) is 33.0 Å². The minimum atomic E-state index is -0.511. The molecule has 0 aliphatic carbocycles. The lowest BCUT2D eigenvalue weighted by atomic mass is 9.95. The molecule has 0 bridgehead atoms. The lowest BCUT2D eigenvalue weighted by Crippen LogP contribution is -2.38. The van der Waals surface area contributed by atoms with Gasteiger partial charge in [-0.15, -0.1) is 0 Å². The number of hydrogen-bond acceptors (Lipinski definition) is 4. The van der Waals surface area contributed by atoms with Gasteiger partial charge in [-0.2, -0.15) is 0 Å². The van der Waals surface area contributed by atoms with Crippen molar-refractivity contribution in [2.24, 2.45) is 5.92 Å². The van der Waals surface area contributed by atoms with Gasteiger partial charge in [0, 0.05) is 25.3 Å². The summed E-state index contributed by atoms with van der Waals surface area (Å²) in [5.74, 6) is 1.33. The van der Waals surface area contributed by atoms with Crippen LogP contribution in [0.4, 0.5) is 10.6 Å². The fourth-order valence-electron chi connectivity index (χ4n) is 3.65. The van der Waals surface area contributed by atoms with Crippen molar-refractivity contribution >= 4 is 11.9 Å². The molecule has 0 N–H and O–H groups in total. The molecule has 1 aliphatic rings. The van der Waals surface area contributed by atoms with Crippen LogP contribution >= 0.6 is 0 Å². The number of pyridine rings is 1. The summed E-state index contributed by atoms with van der Waals surface area (Å²) >= 11 is 0. The summed E-state index contributed by atoms with van der Waals surface area (Å²) in [5.41, 5.74) is 0.738. The van der Waals surface area contributed by atoms with Crippen molar-refractivity contribution in [3.05, 3.63) is 23.9 Å². The number of nitrogens with zero attached hydrogens (tertiary/aromatic N) is 3. The average molecular weight is 376 g/mol. The maximum Gasteiger partial charge on any atom is 0.416 e. The fraction of sp³-hybridized carbons (Fsp3) is 0.727. The van der Waals surface area contributed by atoms with Gasteiger partial charge in [-0.25, -0.2) is 9.78 Å². The highest BCUT2D eigenvalue weighted by molar-refractivity contribution is 5.86. The molecule has 2 rings (SSSR count). The van der Waals surface area contributed by atoms with E-state index in [1.54, 1.807) is 4.90 Å². The first-order valence-corrected chi connectivity index (χ1v) is 10.4. The van der Waals surface area contributed by atoms with E-state index in [0.29, 0.717) is 24.3 Å². The Labute approximate surface area is 165 Å². The van der Waals surface area contributed by atoms with E-state index in [-0.39, 0.29) is 6.09 Å². The third-order valence-electron chi connectivity index (χ3n) is 4.71. The van der Waals surface area contributed by atoms with Gasteiger partial charge in [-0.1, -0.05) is 33.3 Å². The first-order valence-electron chi connectivity index (χ1n) is 10.4. The van der Waals surface area contributed by atoms with Crippen LogP contribution in [0.1, 0.15) is 78.8 Å². The number of rotatable bonds is 6. The predicted molar refractivity (Wildman–Crippen MR) is 111 cm³/mol. The summed E-state index contributed by atoms with van der Waals surface area (Å²) in [4.78, 5) is 21.4. The number of anilines is 1. The zero-order valence-corrected chi connectivity index (χ0v) is 18.0. The second kappa shape index (κ2) is 9.54. The highest BCUT2D eigenvalue weighted by atomic mass is 16.6. The summed E-state index contributed by atoms with van der Waals surface area (Å²) in [7, 11) is 0. The Morgan fingerprint density at radius 3 is 2.63 bits per heavy atom. The molecule has 0 radical (unpaired) electrons. The Morgan fingerprint density at radius 2 is 2.07 bits per heavy atom. The Kier molecular flexibility index (Phi) is 7.66. The molecule has 5 heteroatoms. The maximum atomic E-state index is 12.6. The zero-order valence-electron chi connectivity index (χ0n) is 18.0. The third kappa shape index (κ3) is 6.49. The van der Waals surface area contributed by atoms with Gasteiger partial charge in [-0.05, 0) is 64.1 Å². The van der Waals surface area contributed by atoms with Crippen molar-refractivity contribution in [1.82, 2.24) is 9.88 Å². The second-order valence-corrected chi connectivity index (χ2v) is 8.98. The highest BCUT2D eigenvalue weighted by Gasteiger charge is 2.26. The smallest absolute Gasteiger partial charge is 0.416 e. The van der Waals surface area contributed by atoms with Crippen LogP contribution < -0.4 is 4.90 Å². The maximum absolute atomic E-state index is 12.6. The molecule has 5 nitrogen and oxygen atoms in total. The standard InChI is InChI=1S/C22H37N3O2/c1-7-13-25(21(26)27-22(4,5)6)20-12-11-18(15-23-20)19-10-8-9-14-24(19)16-17(2)3/h11-12,15,17,19H,7-10,13-14,16H2,1-6H3/t19-/m1/s1. The van der Waals surface area contributed by atoms with Crippen molar-refractivity contribution in [1.29, 1.82) is 0 Å². The number of amides is 1. The molecule has 0 unspecified atom stereocenters. The average Bonchev–Trinajstić information content (AvgIpc) is 2.58. The zero-order chi connectivity index (χ0) is 20.0. The van der Waals surface area contributed by atoms with Crippen molar-refractivity contribution in [3.63, 3.8) is 0 Å². The van der Waals surface area contributed by atoms with Gasteiger partial charge in [0.05, 0.1) is 0 Å². The molecule has 1 aromatic heterocycles. The van der Waals surface area contributed by atoms with E-state index in [0.717, 1.165) is 19.5 Å². The molecule has 1 aliphatic heterocycles. The number of carbonyl (C=O) groups excluding carboxylic acids is 1.